The maximum Gasteiger partial charge on any atom is 0.163 e. The smallest absolute Gasteiger partial charge is 0.163 e. The monoisotopic (exact) mass is 292 g/mol. The molecule has 1 aromatic carbocycles. The van der Waals surface area contributed by atoms with Gasteiger partial charge < -0.3 is 4.57 Å². The SMILES string of the molecule is c1ccc(Cn2cnc3c(C4CCCCC4)ncnc32)cc1. The van der Waals surface area contributed by atoms with Crippen LogP contribution >= 0.6 is 0 Å². The first-order valence-corrected chi connectivity index (χ1v) is 8.11. The van der Waals surface area contributed by atoms with Crippen LogP contribution in [0.15, 0.2) is 43.0 Å². The van der Waals surface area contributed by atoms with Gasteiger partial charge in [0, 0.05) is 5.92 Å². The fourth-order valence-corrected chi connectivity index (χ4v) is 3.47. The Labute approximate surface area is 130 Å². The van der Waals surface area contributed by atoms with Crippen molar-refractivity contribution in [2.24, 2.45) is 0 Å². The standard InChI is InChI=1S/C18H20N4/c1-3-7-14(8-4-1)11-22-13-21-17-16(19-12-20-18(17)22)15-9-5-2-6-10-15/h1,3-4,7-8,12-13,15H,2,5-6,9-11H2. The zero-order valence-corrected chi connectivity index (χ0v) is 12.7. The molecule has 4 rings (SSSR count). The summed E-state index contributed by atoms with van der Waals surface area (Å²) in [5, 5.41) is 0. The molecule has 2 heterocycles. The lowest BCUT2D eigenvalue weighted by molar-refractivity contribution is 0.438. The third-order valence-electron chi connectivity index (χ3n) is 4.62. The van der Waals surface area contributed by atoms with Crippen molar-refractivity contribution in [1.29, 1.82) is 0 Å². The normalized spacial score (nSPS) is 16.2. The molecule has 0 spiro atoms. The van der Waals surface area contributed by atoms with Crippen molar-refractivity contribution >= 4 is 11.2 Å². The highest BCUT2D eigenvalue weighted by Gasteiger charge is 2.21. The molecule has 4 nitrogen and oxygen atoms in total. The molecule has 2 aromatic heterocycles. The van der Waals surface area contributed by atoms with E-state index in [4.69, 9.17) is 0 Å². The highest BCUT2D eigenvalue weighted by Crippen LogP contribution is 2.34. The Balaban J connectivity index is 1.70. The zero-order valence-electron chi connectivity index (χ0n) is 12.7. The summed E-state index contributed by atoms with van der Waals surface area (Å²) < 4.78 is 2.12. The summed E-state index contributed by atoms with van der Waals surface area (Å²) >= 11 is 0. The maximum absolute atomic E-state index is 4.63. The zero-order chi connectivity index (χ0) is 14.8. The second-order valence-corrected chi connectivity index (χ2v) is 6.12. The van der Waals surface area contributed by atoms with Gasteiger partial charge in [0.2, 0.25) is 0 Å². The average Bonchev–Trinajstić information content (AvgIpc) is 3.00. The van der Waals surface area contributed by atoms with Crippen LogP contribution in [0.4, 0.5) is 0 Å². The molecule has 0 bridgehead atoms. The summed E-state index contributed by atoms with van der Waals surface area (Å²) in [7, 11) is 0. The number of fused-ring (bicyclic) bond motifs is 1. The molecule has 0 atom stereocenters. The van der Waals surface area contributed by atoms with E-state index in [0.29, 0.717) is 5.92 Å². The predicted octanol–water partition coefficient (Wildman–Crippen LogP) is 3.92. The van der Waals surface area contributed by atoms with E-state index in [9.17, 15) is 0 Å². The summed E-state index contributed by atoms with van der Waals surface area (Å²) in [5.74, 6) is 0.555. The molecule has 1 fully saturated rings. The summed E-state index contributed by atoms with van der Waals surface area (Å²) in [6, 6.07) is 10.4. The van der Waals surface area contributed by atoms with Gasteiger partial charge >= 0.3 is 0 Å². The first-order valence-electron chi connectivity index (χ1n) is 8.11. The largest absolute Gasteiger partial charge is 0.311 e. The molecule has 0 aliphatic heterocycles. The Morgan fingerprint density at radius 1 is 0.955 bits per heavy atom. The first kappa shape index (κ1) is 13.4. The molecule has 0 radical (unpaired) electrons. The molecule has 22 heavy (non-hydrogen) atoms. The van der Waals surface area contributed by atoms with E-state index in [0.717, 1.165) is 23.4 Å². The van der Waals surface area contributed by atoms with Crippen molar-refractivity contribution in [3.8, 4) is 0 Å². The fraction of sp³-hybridized carbons (Fsp3) is 0.389. The number of hydrogen-bond acceptors (Lipinski definition) is 3. The van der Waals surface area contributed by atoms with E-state index < -0.39 is 0 Å². The fourth-order valence-electron chi connectivity index (χ4n) is 3.47. The second-order valence-electron chi connectivity index (χ2n) is 6.12. The quantitative estimate of drug-likeness (QED) is 0.735. The van der Waals surface area contributed by atoms with Crippen LogP contribution < -0.4 is 0 Å². The van der Waals surface area contributed by atoms with E-state index >= 15 is 0 Å². The summed E-state index contributed by atoms with van der Waals surface area (Å²) in [6.45, 7) is 0.804. The van der Waals surface area contributed by atoms with Crippen molar-refractivity contribution in [2.75, 3.05) is 0 Å². The van der Waals surface area contributed by atoms with Crippen LogP contribution in [0.3, 0.4) is 0 Å². The molecular formula is C18H20N4. The molecule has 0 amide bonds. The van der Waals surface area contributed by atoms with Crippen LogP contribution in [0.2, 0.25) is 0 Å². The van der Waals surface area contributed by atoms with Crippen molar-refractivity contribution < 1.29 is 0 Å². The Hall–Kier alpha value is -2.23. The van der Waals surface area contributed by atoms with Gasteiger partial charge in [-0.15, -0.1) is 0 Å². The van der Waals surface area contributed by atoms with Gasteiger partial charge in [-0.25, -0.2) is 15.0 Å². The molecule has 1 aliphatic rings. The van der Waals surface area contributed by atoms with Gasteiger partial charge in [0.15, 0.2) is 5.65 Å². The van der Waals surface area contributed by atoms with Crippen LogP contribution in [-0.2, 0) is 6.54 Å². The number of hydrogen-bond donors (Lipinski definition) is 0. The van der Waals surface area contributed by atoms with Gasteiger partial charge in [0.05, 0.1) is 18.6 Å². The lowest BCUT2D eigenvalue weighted by Crippen LogP contribution is -2.08. The maximum atomic E-state index is 4.63. The Morgan fingerprint density at radius 2 is 1.77 bits per heavy atom. The summed E-state index contributed by atoms with van der Waals surface area (Å²) in [4.78, 5) is 13.7. The predicted molar refractivity (Wildman–Crippen MR) is 86.7 cm³/mol. The Kier molecular flexibility index (Phi) is 3.59. The summed E-state index contributed by atoms with van der Waals surface area (Å²) in [5.41, 5.74) is 4.36. The van der Waals surface area contributed by atoms with Crippen LogP contribution in [0, 0.1) is 0 Å². The van der Waals surface area contributed by atoms with Crippen LogP contribution in [0.1, 0.15) is 49.3 Å². The average molecular weight is 292 g/mol. The van der Waals surface area contributed by atoms with E-state index in [2.05, 4.69) is 43.8 Å². The third-order valence-corrected chi connectivity index (χ3v) is 4.62. The molecule has 1 saturated carbocycles. The minimum absolute atomic E-state index is 0.555. The third kappa shape index (κ3) is 2.49. The number of aromatic nitrogens is 4. The number of nitrogens with zero attached hydrogens (tertiary/aromatic N) is 4. The minimum Gasteiger partial charge on any atom is -0.311 e. The Bertz CT molecular complexity index is 757. The second kappa shape index (κ2) is 5.87. The number of benzene rings is 1. The molecule has 0 saturated heterocycles. The van der Waals surface area contributed by atoms with Gasteiger partial charge in [0.25, 0.3) is 0 Å². The van der Waals surface area contributed by atoms with Crippen molar-refractivity contribution in [3.05, 3.63) is 54.2 Å². The van der Waals surface area contributed by atoms with Crippen LogP contribution in [-0.4, -0.2) is 19.5 Å². The van der Waals surface area contributed by atoms with Gasteiger partial charge in [-0.05, 0) is 18.4 Å². The molecule has 112 valence electrons. The van der Waals surface area contributed by atoms with E-state index in [1.54, 1.807) is 6.33 Å². The van der Waals surface area contributed by atoms with Crippen LogP contribution in [0.5, 0.6) is 0 Å². The van der Waals surface area contributed by atoms with Gasteiger partial charge in [-0.3, -0.25) is 0 Å². The number of imidazole rings is 1. The van der Waals surface area contributed by atoms with Crippen LogP contribution in [0.25, 0.3) is 11.2 Å². The first-order chi connectivity index (χ1) is 10.9. The molecule has 0 N–H and O–H groups in total. The molecular weight excluding hydrogens is 272 g/mol. The topological polar surface area (TPSA) is 43.6 Å². The van der Waals surface area contributed by atoms with Gasteiger partial charge in [-0.2, -0.15) is 0 Å². The lowest BCUT2D eigenvalue weighted by Gasteiger charge is -2.20. The molecule has 1 aliphatic carbocycles. The molecule has 3 aromatic rings. The molecule has 4 heteroatoms. The highest BCUT2D eigenvalue weighted by atomic mass is 15.1. The Morgan fingerprint density at radius 3 is 2.59 bits per heavy atom. The van der Waals surface area contributed by atoms with E-state index in [1.165, 1.54) is 37.7 Å². The number of rotatable bonds is 3. The van der Waals surface area contributed by atoms with Crippen molar-refractivity contribution in [1.82, 2.24) is 19.5 Å². The summed E-state index contributed by atoms with van der Waals surface area (Å²) in [6.07, 6.45) is 10.0. The van der Waals surface area contributed by atoms with E-state index in [-0.39, 0.29) is 0 Å². The lowest BCUT2D eigenvalue weighted by atomic mass is 9.86. The highest BCUT2D eigenvalue weighted by molar-refractivity contribution is 5.73. The minimum atomic E-state index is 0.555. The van der Waals surface area contributed by atoms with Crippen molar-refractivity contribution in [2.45, 2.75) is 44.6 Å². The van der Waals surface area contributed by atoms with E-state index in [1.807, 2.05) is 12.4 Å². The van der Waals surface area contributed by atoms with Gasteiger partial charge in [-0.1, -0.05) is 49.6 Å². The van der Waals surface area contributed by atoms with Crippen molar-refractivity contribution in [3.63, 3.8) is 0 Å². The molecule has 0 unspecified atom stereocenters. The van der Waals surface area contributed by atoms with Gasteiger partial charge in [0.1, 0.15) is 11.8 Å².